The maximum Gasteiger partial charge on any atom is 0.417 e. The quantitative estimate of drug-likeness (QED) is 0.534. The Morgan fingerprint density at radius 2 is 1.73 bits per heavy atom. The number of alkyl halides is 3. The van der Waals surface area contributed by atoms with Crippen molar-refractivity contribution < 1.29 is 27.5 Å². The summed E-state index contributed by atoms with van der Waals surface area (Å²) >= 11 is 5.93. The maximum atomic E-state index is 12.8. The van der Waals surface area contributed by atoms with Crippen molar-refractivity contribution in [2.24, 2.45) is 0 Å². The molecule has 174 valence electrons. The second-order valence-electron chi connectivity index (χ2n) is 7.17. The van der Waals surface area contributed by atoms with Gasteiger partial charge in [0.15, 0.2) is 5.82 Å². The SMILES string of the molecule is COc1ccc(Cl)cc1C(=O)NNC(=O)c1cnn(-c2ccc(C(F)(F)F)cn2)c1C(C)C. The number of nitrogens with zero attached hydrogens (tertiary/aromatic N) is 3. The molecular formula is C21H19ClF3N5O3. The molecule has 0 saturated carbocycles. The summed E-state index contributed by atoms with van der Waals surface area (Å²) in [6.45, 7) is 3.56. The number of carbonyl (C=O) groups is 2. The molecule has 2 amide bonds. The molecule has 8 nitrogen and oxygen atoms in total. The van der Waals surface area contributed by atoms with E-state index in [0.29, 0.717) is 16.9 Å². The molecule has 0 unspecified atom stereocenters. The fourth-order valence-corrected chi connectivity index (χ4v) is 3.23. The predicted octanol–water partition coefficient (Wildman–Crippen LogP) is 4.15. The molecule has 12 heteroatoms. The highest BCUT2D eigenvalue weighted by atomic mass is 35.5. The van der Waals surface area contributed by atoms with Crippen LogP contribution in [0.4, 0.5) is 13.2 Å². The van der Waals surface area contributed by atoms with Crippen LogP contribution in [0.15, 0.2) is 42.7 Å². The molecule has 2 N–H and O–H groups in total. The van der Waals surface area contributed by atoms with Gasteiger partial charge in [-0.3, -0.25) is 20.4 Å². The summed E-state index contributed by atoms with van der Waals surface area (Å²) in [6, 6.07) is 6.49. The number of methoxy groups -OCH3 is 1. The van der Waals surface area contributed by atoms with E-state index in [2.05, 4.69) is 20.9 Å². The topological polar surface area (TPSA) is 98.1 Å². The van der Waals surface area contributed by atoms with Gasteiger partial charge in [0.2, 0.25) is 0 Å². The normalized spacial score (nSPS) is 11.4. The second-order valence-corrected chi connectivity index (χ2v) is 7.60. The van der Waals surface area contributed by atoms with E-state index in [1.165, 1.54) is 30.1 Å². The predicted molar refractivity (Wildman–Crippen MR) is 113 cm³/mol. The molecule has 0 bridgehead atoms. The van der Waals surface area contributed by atoms with Gasteiger partial charge in [-0.25, -0.2) is 9.67 Å². The van der Waals surface area contributed by atoms with Gasteiger partial charge in [0.05, 0.1) is 35.7 Å². The number of rotatable bonds is 5. The number of aromatic nitrogens is 3. The van der Waals surface area contributed by atoms with Crippen LogP contribution in [0, 0.1) is 0 Å². The van der Waals surface area contributed by atoms with Crippen LogP contribution < -0.4 is 15.6 Å². The first kappa shape index (κ1) is 24.1. The van der Waals surface area contributed by atoms with E-state index in [0.717, 1.165) is 12.1 Å². The summed E-state index contributed by atoms with van der Waals surface area (Å²) < 4.78 is 44.9. The van der Waals surface area contributed by atoms with Crippen molar-refractivity contribution in [1.29, 1.82) is 0 Å². The summed E-state index contributed by atoms with van der Waals surface area (Å²) in [7, 11) is 1.39. The van der Waals surface area contributed by atoms with Crippen LogP contribution in [0.2, 0.25) is 5.02 Å². The standard InChI is InChI=1S/C21H19ClF3N5O3/c1-11(2)18-15(10-27-30(18)17-7-4-12(9-26-17)21(23,24)25)20(32)29-28-19(31)14-8-13(22)5-6-16(14)33-3/h4-11H,1-3H3,(H,28,31)(H,29,32). The molecule has 0 aliphatic rings. The van der Waals surface area contributed by atoms with Crippen LogP contribution in [-0.2, 0) is 6.18 Å². The molecule has 3 rings (SSSR count). The van der Waals surface area contributed by atoms with Crippen molar-refractivity contribution in [2.45, 2.75) is 25.9 Å². The number of halogens is 4. The molecule has 1 aromatic carbocycles. The largest absolute Gasteiger partial charge is 0.496 e. The lowest BCUT2D eigenvalue weighted by atomic mass is 10.1. The monoisotopic (exact) mass is 481 g/mol. The minimum absolute atomic E-state index is 0.110. The Morgan fingerprint density at radius 3 is 2.27 bits per heavy atom. The number of pyridine rings is 1. The van der Waals surface area contributed by atoms with Gasteiger partial charge < -0.3 is 4.74 Å². The molecule has 3 aromatic rings. The molecule has 0 radical (unpaired) electrons. The highest BCUT2D eigenvalue weighted by molar-refractivity contribution is 6.31. The molecule has 0 fully saturated rings. The van der Waals surface area contributed by atoms with Crippen LogP contribution >= 0.6 is 11.6 Å². The van der Waals surface area contributed by atoms with Crippen molar-refractivity contribution in [3.05, 3.63) is 70.1 Å². The number of hydrogen-bond acceptors (Lipinski definition) is 5. The number of hydrogen-bond donors (Lipinski definition) is 2. The smallest absolute Gasteiger partial charge is 0.417 e. The Kier molecular flexibility index (Phi) is 6.92. The zero-order valence-corrected chi connectivity index (χ0v) is 18.5. The van der Waals surface area contributed by atoms with E-state index in [9.17, 15) is 22.8 Å². The summed E-state index contributed by atoms with van der Waals surface area (Å²) in [5, 5.41) is 4.41. The Labute approximate surface area is 191 Å². The van der Waals surface area contributed by atoms with Crippen LogP contribution in [0.5, 0.6) is 5.75 Å². The van der Waals surface area contributed by atoms with Gasteiger partial charge in [-0.15, -0.1) is 0 Å². The third kappa shape index (κ3) is 5.25. The fourth-order valence-electron chi connectivity index (χ4n) is 3.06. The number of nitrogens with one attached hydrogen (secondary N) is 2. The van der Waals surface area contributed by atoms with Gasteiger partial charge in [0.1, 0.15) is 5.75 Å². The zero-order chi connectivity index (χ0) is 24.3. The van der Waals surface area contributed by atoms with Crippen molar-refractivity contribution in [2.75, 3.05) is 7.11 Å². The van der Waals surface area contributed by atoms with E-state index in [1.54, 1.807) is 19.9 Å². The van der Waals surface area contributed by atoms with Gasteiger partial charge >= 0.3 is 6.18 Å². The van der Waals surface area contributed by atoms with Gasteiger partial charge in [-0.2, -0.15) is 18.3 Å². The first-order valence-electron chi connectivity index (χ1n) is 9.58. The number of ether oxygens (including phenoxy) is 1. The molecule has 0 spiro atoms. The first-order chi connectivity index (χ1) is 15.5. The van der Waals surface area contributed by atoms with E-state index >= 15 is 0 Å². The molecule has 33 heavy (non-hydrogen) atoms. The average Bonchev–Trinajstić information content (AvgIpc) is 3.22. The van der Waals surface area contributed by atoms with Crippen LogP contribution in [0.25, 0.3) is 5.82 Å². The second kappa shape index (κ2) is 9.49. The van der Waals surface area contributed by atoms with Crippen molar-refractivity contribution in [1.82, 2.24) is 25.6 Å². The third-order valence-electron chi connectivity index (χ3n) is 4.59. The summed E-state index contributed by atoms with van der Waals surface area (Å²) in [5.41, 5.74) is 4.30. The molecule has 0 saturated heterocycles. The molecule has 0 aliphatic carbocycles. The maximum absolute atomic E-state index is 12.8. The highest BCUT2D eigenvalue weighted by Gasteiger charge is 2.31. The van der Waals surface area contributed by atoms with Gasteiger partial charge in [-0.1, -0.05) is 25.4 Å². The van der Waals surface area contributed by atoms with Crippen LogP contribution in [0.3, 0.4) is 0 Å². The third-order valence-corrected chi connectivity index (χ3v) is 4.82. The molecule has 0 aliphatic heterocycles. The van der Waals surface area contributed by atoms with Crippen molar-refractivity contribution in [3.63, 3.8) is 0 Å². The molecule has 2 heterocycles. The summed E-state index contributed by atoms with van der Waals surface area (Å²) in [4.78, 5) is 29.1. The molecule has 2 aromatic heterocycles. The van der Waals surface area contributed by atoms with E-state index < -0.39 is 23.6 Å². The van der Waals surface area contributed by atoms with Gasteiger partial charge in [-0.05, 0) is 36.2 Å². The number of benzene rings is 1. The Balaban J connectivity index is 1.82. The van der Waals surface area contributed by atoms with Crippen LogP contribution in [0.1, 0.15) is 51.7 Å². The van der Waals surface area contributed by atoms with E-state index in [1.807, 2.05) is 0 Å². The molecular weight excluding hydrogens is 463 g/mol. The van der Waals surface area contributed by atoms with E-state index in [-0.39, 0.29) is 28.6 Å². The Morgan fingerprint density at radius 1 is 1.06 bits per heavy atom. The molecule has 0 atom stereocenters. The highest BCUT2D eigenvalue weighted by Crippen LogP contribution is 2.29. The number of amides is 2. The Hall–Kier alpha value is -3.60. The van der Waals surface area contributed by atoms with Gasteiger partial charge in [0, 0.05) is 11.2 Å². The lowest BCUT2D eigenvalue weighted by molar-refractivity contribution is -0.137. The average molecular weight is 482 g/mol. The lowest BCUT2D eigenvalue weighted by Gasteiger charge is -2.14. The summed E-state index contributed by atoms with van der Waals surface area (Å²) in [6.07, 6.45) is -2.58. The minimum atomic E-state index is -4.52. The zero-order valence-electron chi connectivity index (χ0n) is 17.7. The Bertz CT molecular complexity index is 1180. The first-order valence-corrected chi connectivity index (χ1v) is 9.96. The number of hydrazine groups is 1. The minimum Gasteiger partial charge on any atom is -0.496 e. The van der Waals surface area contributed by atoms with Crippen molar-refractivity contribution >= 4 is 23.4 Å². The fraction of sp³-hybridized carbons (Fsp3) is 0.238. The van der Waals surface area contributed by atoms with Crippen molar-refractivity contribution in [3.8, 4) is 11.6 Å². The number of carbonyl (C=O) groups excluding carboxylic acids is 2. The van der Waals surface area contributed by atoms with Crippen LogP contribution in [-0.4, -0.2) is 33.7 Å². The lowest BCUT2D eigenvalue weighted by Crippen LogP contribution is -2.42. The van der Waals surface area contributed by atoms with E-state index in [4.69, 9.17) is 16.3 Å². The van der Waals surface area contributed by atoms with Gasteiger partial charge in [0.25, 0.3) is 11.8 Å². The summed E-state index contributed by atoms with van der Waals surface area (Å²) in [5.74, 6) is -1.22.